The van der Waals surface area contributed by atoms with E-state index in [1.54, 1.807) is 0 Å². The van der Waals surface area contributed by atoms with E-state index in [0.29, 0.717) is 5.92 Å². The van der Waals surface area contributed by atoms with Crippen LogP contribution in [0.25, 0.3) is 22.3 Å². The van der Waals surface area contributed by atoms with Crippen LogP contribution < -0.4 is 0 Å². The highest BCUT2D eigenvalue weighted by Crippen LogP contribution is 2.50. The molecule has 0 saturated carbocycles. The normalized spacial score (nSPS) is 20.5. The first kappa shape index (κ1) is 20.4. The third kappa shape index (κ3) is 3.16. The van der Waals surface area contributed by atoms with E-state index in [1.165, 1.54) is 50.1 Å². The van der Waals surface area contributed by atoms with Gasteiger partial charge in [0.15, 0.2) is 0 Å². The van der Waals surface area contributed by atoms with Crippen LogP contribution >= 0.6 is 0 Å². The van der Waals surface area contributed by atoms with Crippen LogP contribution in [0.15, 0.2) is 78.9 Å². The molecule has 4 rings (SSSR count). The van der Waals surface area contributed by atoms with Gasteiger partial charge >= 0.3 is 0 Å². The van der Waals surface area contributed by atoms with Gasteiger partial charge in [-0.05, 0) is 83.7 Å². The molecule has 1 aliphatic carbocycles. The number of benzene rings is 3. The van der Waals surface area contributed by atoms with Crippen molar-refractivity contribution >= 4 is 0 Å². The Hall–Kier alpha value is -2.86. The fraction of sp³-hybridized carbons (Fsp3) is 0.267. The van der Waals surface area contributed by atoms with E-state index in [9.17, 15) is 0 Å². The molecule has 0 bridgehead atoms. The fourth-order valence-electron chi connectivity index (χ4n) is 5.07. The number of allylic oxidation sites excluding steroid dienone is 4. The Morgan fingerprint density at radius 2 is 1.37 bits per heavy atom. The predicted molar refractivity (Wildman–Crippen MR) is 131 cm³/mol. The number of aryl methyl sites for hydroxylation is 1. The smallest absolute Gasteiger partial charge is 0.0176 e. The lowest BCUT2D eigenvalue weighted by Crippen LogP contribution is -2.31. The monoisotopic (exact) mass is 392 g/mol. The zero-order valence-electron chi connectivity index (χ0n) is 19.1. The number of rotatable bonds is 3. The van der Waals surface area contributed by atoms with Crippen molar-refractivity contribution in [1.29, 1.82) is 0 Å². The van der Waals surface area contributed by atoms with Crippen molar-refractivity contribution in [2.45, 2.75) is 47.0 Å². The summed E-state index contributed by atoms with van der Waals surface area (Å²) in [6, 6.07) is 19.8. The average molecular weight is 393 g/mol. The van der Waals surface area contributed by atoms with Crippen LogP contribution in [0, 0.1) is 33.6 Å². The summed E-state index contributed by atoms with van der Waals surface area (Å²) < 4.78 is 0. The molecule has 0 nitrogen and oxygen atoms in total. The molecule has 0 fully saturated rings. The van der Waals surface area contributed by atoms with Crippen molar-refractivity contribution in [2.75, 3.05) is 0 Å². The van der Waals surface area contributed by atoms with Crippen molar-refractivity contribution in [3.05, 3.63) is 107 Å². The Morgan fingerprint density at radius 1 is 0.700 bits per heavy atom. The van der Waals surface area contributed by atoms with Gasteiger partial charge in [0.25, 0.3) is 0 Å². The highest BCUT2D eigenvalue weighted by atomic mass is 14.4. The van der Waals surface area contributed by atoms with Crippen molar-refractivity contribution < 1.29 is 0 Å². The number of hydrogen-bond acceptors (Lipinski definition) is 0. The zero-order valence-corrected chi connectivity index (χ0v) is 19.1. The Balaban J connectivity index is 2.21. The summed E-state index contributed by atoms with van der Waals surface area (Å²) in [6.07, 6.45) is 9.16. The molecule has 30 heavy (non-hydrogen) atoms. The Morgan fingerprint density at radius 3 is 2.03 bits per heavy atom. The molecule has 0 amide bonds. The van der Waals surface area contributed by atoms with Crippen LogP contribution in [-0.2, 0) is 5.41 Å². The second-order valence-electron chi connectivity index (χ2n) is 9.00. The Kier molecular flexibility index (Phi) is 5.28. The predicted octanol–water partition coefficient (Wildman–Crippen LogP) is 8.27. The molecule has 0 N–H and O–H groups in total. The van der Waals surface area contributed by atoms with E-state index in [4.69, 9.17) is 0 Å². The molecular weight excluding hydrogens is 360 g/mol. The minimum absolute atomic E-state index is 0.0571. The van der Waals surface area contributed by atoms with Crippen molar-refractivity contribution in [3.8, 4) is 22.3 Å². The van der Waals surface area contributed by atoms with Crippen molar-refractivity contribution in [2.24, 2.45) is 5.92 Å². The van der Waals surface area contributed by atoms with Gasteiger partial charge in [0.2, 0.25) is 0 Å². The van der Waals surface area contributed by atoms with Gasteiger partial charge in [-0.2, -0.15) is 0 Å². The van der Waals surface area contributed by atoms with Crippen LogP contribution in [0.2, 0.25) is 0 Å². The third-order valence-corrected chi connectivity index (χ3v) is 7.29. The standard InChI is InChI=1S/C30H32/c1-20-14-10-11-18-26(20)28-27(25-16-8-7-9-17-25)23(4)22(3)24(5)29(28)30(6)19-13-12-15-21(30)2/h7-19,21H,1-6H3. The quantitative estimate of drug-likeness (QED) is 0.421. The largest absolute Gasteiger partial charge is 0.0805 e. The molecule has 152 valence electrons. The summed E-state index contributed by atoms with van der Waals surface area (Å²) in [7, 11) is 0. The molecule has 0 aliphatic heterocycles. The highest BCUT2D eigenvalue weighted by molar-refractivity contribution is 5.91. The second-order valence-corrected chi connectivity index (χ2v) is 9.00. The molecule has 0 heteroatoms. The topological polar surface area (TPSA) is 0 Å². The van der Waals surface area contributed by atoms with Gasteiger partial charge < -0.3 is 0 Å². The first-order chi connectivity index (χ1) is 14.4. The minimum atomic E-state index is -0.0571. The maximum absolute atomic E-state index is 2.41. The maximum atomic E-state index is 2.41. The first-order valence-electron chi connectivity index (χ1n) is 11.0. The molecule has 1 aliphatic rings. The molecule has 3 aromatic rings. The maximum Gasteiger partial charge on any atom is 0.0176 e. The van der Waals surface area contributed by atoms with Crippen LogP contribution in [0.1, 0.15) is 41.7 Å². The molecule has 0 aromatic heterocycles. The summed E-state index contributed by atoms with van der Waals surface area (Å²) in [5, 5.41) is 0. The summed E-state index contributed by atoms with van der Waals surface area (Å²) in [5.41, 5.74) is 12.3. The van der Waals surface area contributed by atoms with Gasteiger partial charge in [-0.1, -0.05) is 92.7 Å². The average Bonchev–Trinajstić information content (AvgIpc) is 2.75. The van der Waals surface area contributed by atoms with Crippen LogP contribution in [0.3, 0.4) is 0 Å². The summed E-state index contributed by atoms with van der Waals surface area (Å²) in [6.45, 7) is 13.9. The van der Waals surface area contributed by atoms with Gasteiger partial charge in [-0.3, -0.25) is 0 Å². The lowest BCUT2D eigenvalue weighted by molar-refractivity contribution is 0.456. The van der Waals surface area contributed by atoms with Gasteiger partial charge in [0.1, 0.15) is 0 Å². The van der Waals surface area contributed by atoms with E-state index in [2.05, 4.69) is 120 Å². The lowest BCUT2D eigenvalue weighted by Gasteiger charge is -2.39. The summed E-state index contributed by atoms with van der Waals surface area (Å²) in [5.74, 6) is 0.426. The van der Waals surface area contributed by atoms with Gasteiger partial charge in [-0.15, -0.1) is 0 Å². The molecular formula is C30H32. The minimum Gasteiger partial charge on any atom is -0.0805 e. The van der Waals surface area contributed by atoms with Crippen LogP contribution in [0.4, 0.5) is 0 Å². The fourth-order valence-corrected chi connectivity index (χ4v) is 5.07. The van der Waals surface area contributed by atoms with Crippen molar-refractivity contribution in [1.82, 2.24) is 0 Å². The lowest BCUT2D eigenvalue weighted by atomic mass is 9.64. The second kappa shape index (κ2) is 7.76. The van der Waals surface area contributed by atoms with Gasteiger partial charge in [0, 0.05) is 5.41 Å². The molecule has 0 saturated heterocycles. The molecule has 2 atom stereocenters. The SMILES string of the molecule is Cc1ccccc1-c1c(-c2ccccc2)c(C)c(C)c(C)c1C1(C)C=CC=CC1C. The van der Waals surface area contributed by atoms with Gasteiger partial charge in [-0.25, -0.2) is 0 Å². The first-order valence-corrected chi connectivity index (χ1v) is 11.0. The molecule has 0 heterocycles. The summed E-state index contributed by atoms with van der Waals surface area (Å²) in [4.78, 5) is 0. The van der Waals surface area contributed by atoms with E-state index in [0.717, 1.165) is 0 Å². The Bertz CT molecular complexity index is 1140. The van der Waals surface area contributed by atoms with E-state index >= 15 is 0 Å². The molecule has 0 spiro atoms. The van der Waals surface area contributed by atoms with Crippen LogP contribution in [-0.4, -0.2) is 0 Å². The van der Waals surface area contributed by atoms with Crippen molar-refractivity contribution in [3.63, 3.8) is 0 Å². The Labute approximate surface area is 182 Å². The molecule has 0 radical (unpaired) electrons. The van der Waals surface area contributed by atoms with E-state index < -0.39 is 0 Å². The zero-order chi connectivity index (χ0) is 21.5. The van der Waals surface area contributed by atoms with Gasteiger partial charge in [0.05, 0.1) is 0 Å². The number of hydrogen-bond donors (Lipinski definition) is 0. The third-order valence-electron chi connectivity index (χ3n) is 7.29. The van der Waals surface area contributed by atoms with E-state index in [-0.39, 0.29) is 5.41 Å². The van der Waals surface area contributed by atoms with E-state index in [1.807, 2.05) is 0 Å². The highest BCUT2D eigenvalue weighted by Gasteiger charge is 2.36. The molecule has 3 aromatic carbocycles. The molecule has 2 unspecified atom stereocenters. The summed E-state index contributed by atoms with van der Waals surface area (Å²) >= 11 is 0. The van der Waals surface area contributed by atoms with Crippen LogP contribution in [0.5, 0.6) is 0 Å².